The Kier molecular flexibility index (Phi) is 8.42. The van der Waals surface area contributed by atoms with Crippen molar-refractivity contribution in [3.63, 3.8) is 0 Å². The molecule has 7 heteroatoms. The molecule has 2 aromatic carbocycles. The molecule has 0 fully saturated rings. The number of ether oxygens (including phenoxy) is 2. The molecule has 0 N–H and O–H groups in total. The van der Waals surface area contributed by atoms with Crippen molar-refractivity contribution in [2.45, 2.75) is 26.5 Å². The number of hydrogen-bond acceptors (Lipinski definition) is 5. The van der Waals surface area contributed by atoms with Crippen molar-refractivity contribution in [3.8, 4) is 5.75 Å². The van der Waals surface area contributed by atoms with E-state index in [1.807, 2.05) is 65.7 Å². The molecule has 1 aromatic heterocycles. The van der Waals surface area contributed by atoms with Crippen LogP contribution in [0.25, 0.3) is 0 Å². The van der Waals surface area contributed by atoms with Crippen molar-refractivity contribution < 1.29 is 14.3 Å². The normalized spacial score (nSPS) is 10.8. The van der Waals surface area contributed by atoms with Gasteiger partial charge in [-0.1, -0.05) is 34.1 Å². The summed E-state index contributed by atoms with van der Waals surface area (Å²) in [5.41, 5.74) is 2.67. The lowest BCUT2D eigenvalue weighted by molar-refractivity contribution is 0.0721. The van der Waals surface area contributed by atoms with Gasteiger partial charge in [0.05, 0.1) is 12.2 Å². The fraction of sp³-hybridized carbons (Fsp3) is 0.304. The summed E-state index contributed by atoms with van der Waals surface area (Å²) in [5.74, 6) is 0.815. The van der Waals surface area contributed by atoms with Crippen molar-refractivity contribution in [2.75, 3.05) is 20.3 Å². The van der Waals surface area contributed by atoms with Gasteiger partial charge in [0.2, 0.25) is 0 Å². The Morgan fingerprint density at radius 2 is 2.03 bits per heavy atom. The second kappa shape index (κ2) is 11.2. The third-order valence-electron chi connectivity index (χ3n) is 4.44. The third kappa shape index (κ3) is 6.65. The van der Waals surface area contributed by atoms with E-state index in [0.29, 0.717) is 31.9 Å². The van der Waals surface area contributed by atoms with Crippen LogP contribution in [-0.2, 0) is 17.9 Å². The molecular formula is C23H25BrN2O3S. The zero-order valence-corrected chi connectivity index (χ0v) is 19.5. The predicted octanol–water partition coefficient (Wildman–Crippen LogP) is 5.47. The van der Waals surface area contributed by atoms with Crippen LogP contribution in [0.15, 0.2) is 58.4 Å². The number of thiazole rings is 1. The summed E-state index contributed by atoms with van der Waals surface area (Å²) >= 11 is 4.99. The lowest BCUT2D eigenvalue weighted by Gasteiger charge is -2.22. The topological polar surface area (TPSA) is 51.7 Å². The van der Waals surface area contributed by atoms with E-state index < -0.39 is 0 Å². The molecule has 3 aromatic rings. The van der Waals surface area contributed by atoms with Crippen LogP contribution in [0, 0.1) is 6.92 Å². The average molecular weight is 489 g/mol. The number of halogens is 1. The second-order valence-corrected chi connectivity index (χ2v) is 8.78. The van der Waals surface area contributed by atoms with Crippen LogP contribution in [0.2, 0.25) is 0 Å². The molecule has 5 nitrogen and oxygen atoms in total. The first kappa shape index (κ1) is 22.5. The van der Waals surface area contributed by atoms with Gasteiger partial charge in [-0.05, 0) is 49.2 Å². The Labute approximate surface area is 189 Å². The largest absolute Gasteiger partial charge is 0.486 e. The van der Waals surface area contributed by atoms with E-state index in [2.05, 4.69) is 20.9 Å². The van der Waals surface area contributed by atoms with Gasteiger partial charge in [-0.3, -0.25) is 4.79 Å². The molecule has 0 unspecified atom stereocenters. The molecule has 0 aliphatic rings. The molecule has 0 spiro atoms. The highest BCUT2D eigenvalue weighted by atomic mass is 79.9. The first-order valence-corrected chi connectivity index (χ1v) is 11.4. The van der Waals surface area contributed by atoms with Crippen LogP contribution in [0.1, 0.15) is 33.0 Å². The third-order valence-corrected chi connectivity index (χ3v) is 5.80. The van der Waals surface area contributed by atoms with Gasteiger partial charge in [-0.25, -0.2) is 4.98 Å². The number of nitrogens with zero attached hydrogens (tertiary/aromatic N) is 2. The Bertz CT molecular complexity index is 976. The maximum absolute atomic E-state index is 13.1. The molecule has 0 atom stereocenters. The lowest BCUT2D eigenvalue weighted by atomic mass is 10.2. The Balaban J connectivity index is 1.65. The summed E-state index contributed by atoms with van der Waals surface area (Å²) in [5, 5.41) is 2.88. The van der Waals surface area contributed by atoms with Crippen LogP contribution in [0.5, 0.6) is 5.75 Å². The van der Waals surface area contributed by atoms with Gasteiger partial charge in [0.15, 0.2) is 0 Å². The molecule has 0 saturated heterocycles. The molecule has 158 valence electrons. The monoisotopic (exact) mass is 488 g/mol. The van der Waals surface area contributed by atoms with Crippen molar-refractivity contribution >= 4 is 33.2 Å². The van der Waals surface area contributed by atoms with Gasteiger partial charge in [0.1, 0.15) is 17.4 Å². The van der Waals surface area contributed by atoms with Gasteiger partial charge < -0.3 is 14.4 Å². The number of aromatic nitrogens is 1. The molecular weight excluding hydrogens is 464 g/mol. The van der Waals surface area contributed by atoms with Crippen LogP contribution in [0.4, 0.5) is 0 Å². The Hall–Kier alpha value is -2.22. The van der Waals surface area contributed by atoms with Crippen LogP contribution < -0.4 is 4.74 Å². The van der Waals surface area contributed by atoms with Crippen molar-refractivity contribution in [2.24, 2.45) is 0 Å². The van der Waals surface area contributed by atoms with Gasteiger partial charge >= 0.3 is 0 Å². The molecule has 0 radical (unpaired) electrons. The molecule has 3 rings (SSSR count). The Morgan fingerprint density at radius 3 is 2.80 bits per heavy atom. The predicted molar refractivity (Wildman–Crippen MR) is 123 cm³/mol. The number of hydrogen-bond donors (Lipinski definition) is 0. The fourth-order valence-corrected chi connectivity index (χ4v) is 4.09. The standard InChI is InChI=1S/C23H25BrN2O3S/c1-17-6-3-9-21(12-17)29-15-22-25-20(16-30-22)14-26(10-5-11-28-2)23(27)18-7-4-8-19(24)13-18/h3-4,6-9,12-13,16H,5,10-11,14-15H2,1-2H3. The summed E-state index contributed by atoms with van der Waals surface area (Å²) in [6.07, 6.45) is 0.768. The molecule has 1 heterocycles. The first-order chi connectivity index (χ1) is 14.5. The van der Waals surface area contributed by atoms with Crippen molar-refractivity contribution in [1.29, 1.82) is 0 Å². The summed E-state index contributed by atoms with van der Waals surface area (Å²) < 4.78 is 11.9. The highest BCUT2D eigenvalue weighted by molar-refractivity contribution is 9.10. The quantitative estimate of drug-likeness (QED) is 0.355. The number of aryl methyl sites for hydroxylation is 1. The number of rotatable bonds is 10. The average Bonchev–Trinajstić information content (AvgIpc) is 3.19. The minimum atomic E-state index is -0.0158. The maximum atomic E-state index is 13.1. The lowest BCUT2D eigenvalue weighted by Crippen LogP contribution is -2.32. The summed E-state index contributed by atoms with van der Waals surface area (Å²) in [7, 11) is 1.67. The number of methoxy groups -OCH3 is 1. The van der Waals surface area contributed by atoms with Crippen molar-refractivity contribution in [1.82, 2.24) is 9.88 Å². The van der Waals surface area contributed by atoms with Gasteiger partial charge in [-0.2, -0.15) is 0 Å². The number of carbonyl (C=O) groups is 1. The maximum Gasteiger partial charge on any atom is 0.254 e. The van der Waals surface area contributed by atoms with E-state index in [1.165, 1.54) is 0 Å². The fourth-order valence-electron chi connectivity index (χ4n) is 2.99. The summed E-state index contributed by atoms with van der Waals surface area (Å²) in [6.45, 7) is 4.11. The molecule has 0 aliphatic heterocycles. The minimum Gasteiger partial charge on any atom is -0.486 e. The number of carbonyl (C=O) groups excluding carboxylic acids is 1. The van der Waals surface area contributed by atoms with E-state index in [1.54, 1.807) is 18.4 Å². The SMILES string of the molecule is COCCCN(Cc1csc(COc2cccc(C)c2)n1)C(=O)c1cccc(Br)c1. The highest BCUT2D eigenvalue weighted by Gasteiger charge is 2.18. The second-order valence-electron chi connectivity index (χ2n) is 6.92. The number of amides is 1. The van der Waals surface area contributed by atoms with Gasteiger partial charge in [0.25, 0.3) is 5.91 Å². The molecule has 0 bridgehead atoms. The van der Waals surface area contributed by atoms with Crippen molar-refractivity contribution in [3.05, 3.63) is 80.2 Å². The van der Waals surface area contributed by atoms with Crippen LogP contribution >= 0.6 is 27.3 Å². The van der Waals surface area contributed by atoms with E-state index in [-0.39, 0.29) is 5.91 Å². The minimum absolute atomic E-state index is 0.0158. The summed E-state index contributed by atoms with van der Waals surface area (Å²) in [6, 6.07) is 15.4. The highest BCUT2D eigenvalue weighted by Crippen LogP contribution is 2.19. The Morgan fingerprint density at radius 1 is 1.20 bits per heavy atom. The van der Waals surface area contributed by atoms with Crippen LogP contribution in [0.3, 0.4) is 0 Å². The smallest absolute Gasteiger partial charge is 0.254 e. The van der Waals surface area contributed by atoms with E-state index in [9.17, 15) is 4.79 Å². The van der Waals surface area contributed by atoms with E-state index in [4.69, 9.17) is 9.47 Å². The zero-order chi connectivity index (χ0) is 21.3. The first-order valence-electron chi connectivity index (χ1n) is 9.71. The van der Waals surface area contributed by atoms with Gasteiger partial charge in [0, 0.05) is 35.7 Å². The van der Waals surface area contributed by atoms with Crippen LogP contribution in [-0.4, -0.2) is 36.1 Å². The number of benzene rings is 2. The molecule has 30 heavy (non-hydrogen) atoms. The molecule has 1 amide bonds. The summed E-state index contributed by atoms with van der Waals surface area (Å²) in [4.78, 5) is 19.5. The zero-order valence-electron chi connectivity index (χ0n) is 17.1. The molecule has 0 saturated carbocycles. The van der Waals surface area contributed by atoms with E-state index >= 15 is 0 Å². The van der Waals surface area contributed by atoms with E-state index in [0.717, 1.165) is 32.9 Å². The molecule has 0 aliphatic carbocycles. The van der Waals surface area contributed by atoms with Gasteiger partial charge in [-0.15, -0.1) is 11.3 Å².